The number of hydrogen-bond donors (Lipinski definition) is 1. The van der Waals surface area contributed by atoms with E-state index >= 15 is 0 Å². The lowest BCUT2D eigenvalue weighted by Gasteiger charge is -2.32. The van der Waals surface area contributed by atoms with Crippen LogP contribution in [0.25, 0.3) is 0 Å². The van der Waals surface area contributed by atoms with Crippen LogP contribution in [0.4, 0.5) is 4.39 Å². The predicted octanol–water partition coefficient (Wildman–Crippen LogP) is 2.80. The monoisotopic (exact) mass is 280 g/mol. The van der Waals surface area contributed by atoms with Gasteiger partial charge in [-0.2, -0.15) is 0 Å². The number of methoxy groups -OCH3 is 1. The number of benzene rings is 1. The molecule has 1 N–H and O–H groups in total. The predicted molar refractivity (Wildman–Crippen MR) is 79.5 cm³/mol. The van der Waals surface area contributed by atoms with E-state index in [9.17, 15) is 4.39 Å². The van der Waals surface area contributed by atoms with Crippen molar-refractivity contribution in [3.63, 3.8) is 0 Å². The molecule has 0 saturated carbocycles. The van der Waals surface area contributed by atoms with Crippen LogP contribution in [0.15, 0.2) is 18.2 Å². The van der Waals surface area contributed by atoms with E-state index in [2.05, 4.69) is 24.1 Å². The summed E-state index contributed by atoms with van der Waals surface area (Å²) >= 11 is 0. The Hall–Kier alpha value is -1.13. The number of nitrogens with zero attached hydrogens (tertiary/aromatic N) is 1. The number of rotatable bonds is 4. The largest absolute Gasteiger partial charge is 0.494 e. The molecule has 1 fully saturated rings. The van der Waals surface area contributed by atoms with Gasteiger partial charge in [0.05, 0.1) is 7.11 Å². The van der Waals surface area contributed by atoms with E-state index in [1.807, 2.05) is 12.1 Å². The van der Waals surface area contributed by atoms with E-state index in [0.717, 1.165) is 32.5 Å². The fraction of sp³-hybridized carbons (Fsp3) is 0.625. The lowest BCUT2D eigenvalue weighted by Crippen LogP contribution is -2.48. The van der Waals surface area contributed by atoms with E-state index in [1.54, 1.807) is 6.07 Å². The Morgan fingerprint density at radius 3 is 2.95 bits per heavy atom. The number of halogens is 1. The summed E-state index contributed by atoms with van der Waals surface area (Å²) in [6.07, 6.45) is 2.17. The molecule has 1 aromatic carbocycles. The molecular weight excluding hydrogens is 255 g/mol. The topological polar surface area (TPSA) is 24.5 Å². The summed E-state index contributed by atoms with van der Waals surface area (Å²) in [6.45, 7) is 8.05. The van der Waals surface area contributed by atoms with Gasteiger partial charge in [0.25, 0.3) is 0 Å². The van der Waals surface area contributed by atoms with Crippen LogP contribution in [0.3, 0.4) is 0 Å². The molecule has 0 spiro atoms. The van der Waals surface area contributed by atoms with Crippen LogP contribution in [0.1, 0.15) is 32.3 Å². The Morgan fingerprint density at radius 2 is 2.25 bits per heavy atom. The van der Waals surface area contributed by atoms with Gasteiger partial charge in [-0.1, -0.05) is 19.1 Å². The van der Waals surface area contributed by atoms with E-state index < -0.39 is 0 Å². The van der Waals surface area contributed by atoms with Gasteiger partial charge in [-0.15, -0.1) is 0 Å². The first-order valence-electron chi connectivity index (χ1n) is 7.37. The van der Waals surface area contributed by atoms with Crippen molar-refractivity contribution in [3.05, 3.63) is 29.6 Å². The van der Waals surface area contributed by atoms with Gasteiger partial charge in [-0.25, -0.2) is 4.39 Å². The summed E-state index contributed by atoms with van der Waals surface area (Å²) in [5.74, 6) is 0.0964. The Bertz CT molecular complexity index is 452. The molecule has 1 aliphatic rings. The molecule has 1 unspecified atom stereocenters. The maximum Gasteiger partial charge on any atom is 0.169 e. The smallest absolute Gasteiger partial charge is 0.169 e. The van der Waals surface area contributed by atoms with E-state index in [4.69, 9.17) is 4.74 Å². The van der Waals surface area contributed by atoms with Crippen molar-refractivity contribution in [1.82, 2.24) is 10.2 Å². The molecule has 2 rings (SSSR count). The minimum absolute atomic E-state index is 0.117. The van der Waals surface area contributed by atoms with Crippen molar-refractivity contribution in [1.29, 1.82) is 0 Å². The highest BCUT2D eigenvalue weighted by atomic mass is 19.1. The fourth-order valence-electron chi connectivity index (χ4n) is 2.77. The third kappa shape index (κ3) is 3.49. The first-order valence-corrected chi connectivity index (χ1v) is 7.37. The van der Waals surface area contributed by atoms with Crippen LogP contribution in [0, 0.1) is 5.82 Å². The molecule has 0 amide bonds. The van der Waals surface area contributed by atoms with Gasteiger partial charge in [0.2, 0.25) is 0 Å². The van der Waals surface area contributed by atoms with Gasteiger partial charge in [0.1, 0.15) is 0 Å². The van der Waals surface area contributed by atoms with Crippen molar-refractivity contribution in [2.75, 3.05) is 26.7 Å². The van der Waals surface area contributed by atoms with E-state index in [1.165, 1.54) is 7.11 Å². The lowest BCUT2D eigenvalue weighted by atomic mass is 9.98. The van der Waals surface area contributed by atoms with Gasteiger partial charge in [0, 0.05) is 24.2 Å². The lowest BCUT2D eigenvalue weighted by molar-refractivity contribution is 0.206. The van der Waals surface area contributed by atoms with Crippen molar-refractivity contribution < 1.29 is 9.13 Å². The normalized spacial score (nSPS) is 24.4. The standard InChI is InChI=1S/C16H25FN2O/c1-4-16(2)12-19(10-6-9-18-16)11-13-7-5-8-14(20-3)15(13)17/h5,7-8,18H,4,6,9-12H2,1-3H3. The molecule has 0 aliphatic carbocycles. The number of nitrogens with one attached hydrogen (secondary N) is 1. The van der Waals surface area contributed by atoms with Crippen LogP contribution in [-0.2, 0) is 6.54 Å². The van der Waals surface area contributed by atoms with Crippen molar-refractivity contribution in [2.45, 2.75) is 38.8 Å². The number of hydrogen-bond acceptors (Lipinski definition) is 3. The highest BCUT2D eigenvalue weighted by Gasteiger charge is 2.27. The average Bonchev–Trinajstić information content (AvgIpc) is 2.63. The van der Waals surface area contributed by atoms with Gasteiger partial charge in [-0.05, 0) is 38.9 Å². The third-order valence-electron chi connectivity index (χ3n) is 4.21. The Labute approximate surface area is 121 Å². The van der Waals surface area contributed by atoms with Crippen LogP contribution in [0.2, 0.25) is 0 Å². The molecule has 1 heterocycles. The first-order chi connectivity index (χ1) is 9.58. The van der Waals surface area contributed by atoms with Gasteiger partial charge < -0.3 is 10.1 Å². The zero-order valence-electron chi connectivity index (χ0n) is 12.7. The molecular formula is C16H25FN2O. The zero-order valence-corrected chi connectivity index (χ0v) is 12.7. The molecule has 20 heavy (non-hydrogen) atoms. The Morgan fingerprint density at radius 1 is 1.45 bits per heavy atom. The Kier molecular flexibility index (Phi) is 5.00. The van der Waals surface area contributed by atoms with Gasteiger partial charge in [0.15, 0.2) is 11.6 Å². The van der Waals surface area contributed by atoms with Crippen LogP contribution >= 0.6 is 0 Å². The quantitative estimate of drug-likeness (QED) is 0.918. The highest BCUT2D eigenvalue weighted by Crippen LogP contribution is 2.23. The molecule has 0 aromatic heterocycles. The molecule has 4 heteroatoms. The van der Waals surface area contributed by atoms with Crippen molar-refractivity contribution in [2.24, 2.45) is 0 Å². The Balaban J connectivity index is 2.12. The molecule has 0 radical (unpaired) electrons. The van der Waals surface area contributed by atoms with E-state index in [0.29, 0.717) is 17.9 Å². The maximum absolute atomic E-state index is 14.2. The minimum Gasteiger partial charge on any atom is -0.494 e. The molecule has 0 bridgehead atoms. The summed E-state index contributed by atoms with van der Waals surface area (Å²) in [5.41, 5.74) is 0.830. The van der Waals surface area contributed by atoms with E-state index in [-0.39, 0.29) is 11.4 Å². The van der Waals surface area contributed by atoms with Crippen LogP contribution in [0.5, 0.6) is 5.75 Å². The summed E-state index contributed by atoms with van der Waals surface area (Å²) in [4.78, 5) is 2.33. The average molecular weight is 280 g/mol. The van der Waals surface area contributed by atoms with Gasteiger partial charge >= 0.3 is 0 Å². The highest BCUT2D eigenvalue weighted by molar-refractivity contribution is 5.31. The van der Waals surface area contributed by atoms with Crippen LogP contribution in [-0.4, -0.2) is 37.2 Å². The van der Waals surface area contributed by atoms with Gasteiger partial charge in [-0.3, -0.25) is 4.90 Å². The molecule has 112 valence electrons. The summed E-state index contributed by atoms with van der Waals surface area (Å²) in [6, 6.07) is 5.37. The fourth-order valence-corrected chi connectivity index (χ4v) is 2.77. The molecule has 3 nitrogen and oxygen atoms in total. The SMILES string of the molecule is CCC1(C)CN(Cc2cccc(OC)c2F)CCCN1. The first kappa shape index (κ1) is 15.3. The third-order valence-corrected chi connectivity index (χ3v) is 4.21. The molecule has 1 saturated heterocycles. The number of ether oxygens (including phenoxy) is 1. The maximum atomic E-state index is 14.2. The second-order valence-corrected chi connectivity index (χ2v) is 5.84. The summed E-state index contributed by atoms with van der Waals surface area (Å²) in [5, 5.41) is 3.60. The molecule has 1 aliphatic heterocycles. The second-order valence-electron chi connectivity index (χ2n) is 5.84. The minimum atomic E-state index is -0.231. The molecule has 1 atom stereocenters. The summed E-state index contributed by atoms with van der Waals surface area (Å²) < 4.78 is 19.3. The molecule has 1 aromatic rings. The summed E-state index contributed by atoms with van der Waals surface area (Å²) in [7, 11) is 1.51. The second kappa shape index (κ2) is 6.55. The van der Waals surface area contributed by atoms with Crippen molar-refractivity contribution in [3.8, 4) is 5.75 Å². The van der Waals surface area contributed by atoms with Crippen LogP contribution < -0.4 is 10.1 Å². The zero-order chi connectivity index (χ0) is 14.6. The van der Waals surface area contributed by atoms with Crippen molar-refractivity contribution >= 4 is 0 Å².